The summed E-state index contributed by atoms with van der Waals surface area (Å²) in [6, 6.07) is 5.03. The fourth-order valence-electron chi connectivity index (χ4n) is 2.64. The first-order chi connectivity index (χ1) is 11.0. The molecule has 1 aromatic carbocycles. The minimum atomic E-state index is -0.558. The molecular formula is C14H15BrN6O2. The van der Waals surface area contributed by atoms with Crippen LogP contribution in [0.2, 0.25) is 0 Å². The summed E-state index contributed by atoms with van der Waals surface area (Å²) in [6.45, 7) is 4.16. The van der Waals surface area contributed by atoms with Crippen molar-refractivity contribution in [2.45, 2.75) is 19.9 Å². The molecule has 2 heterocycles. The number of aromatic nitrogens is 4. The quantitative estimate of drug-likeness (QED) is 0.836. The number of ether oxygens (including phenoxy) is 1. The van der Waals surface area contributed by atoms with Gasteiger partial charge in [0.25, 0.3) is 0 Å². The molecule has 0 aliphatic carbocycles. The van der Waals surface area contributed by atoms with E-state index < -0.39 is 11.9 Å². The molecule has 0 saturated carbocycles. The number of amides is 1. The predicted octanol–water partition coefficient (Wildman–Crippen LogP) is 1.61. The number of allylic oxidation sites excluding steroid dienone is 1. The molecule has 1 atom stereocenters. The molecule has 9 heteroatoms. The number of rotatable bonds is 4. The Bertz CT molecular complexity index is 800. The van der Waals surface area contributed by atoms with Crippen molar-refractivity contribution in [3.05, 3.63) is 39.5 Å². The van der Waals surface area contributed by atoms with Gasteiger partial charge in [-0.1, -0.05) is 21.0 Å². The van der Waals surface area contributed by atoms with Crippen LogP contribution < -0.4 is 15.8 Å². The zero-order valence-electron chi connectivity index (χ0n) is 12.6. The second-order valence-electron chi connectivity index (χ2n) is 4.99. The summed E-state index contributed by atoms with van der Waals surface area (Å²) in [7, 11) is 0. The number of nitrogens with one attached hydrogen (secondary N) is 1. The molecule has 23 heavy (non-hydrogen) atoms. The highest BCUT2D eigenvalue weighted by atomic mass is 79.9. The highest BCUT2D eigenvalue weighted by Gasteiger charge is 2.34. The van der Waals surface area contributed by atoms with E-state index in [0.29, 0.717) is 29.6 Å². The number of nitrogens with zero attached hydrogens (tertiary/aromatic N) is 4. The first kappa shape index (κ1) is 15.5. The van der Waals surface area contributed by atoms with Crippen LogP contribution in [0.15, 0.2) is 33.9 Å². The molecule has 0 spiro atoms. The van der Waals surface area contributed by atoms with Crippen LogP contribution in [0.4, 0.5) is 5.95 Å². The Labute approximate surface area is 140 Å². The van der Waals surface area contributed by atoms with Gasteiger partial charge in [0.05, 0.1) is 12.2 Å². The summed E-state index contributed by atoms with van der Waals surface area (Å²) >= 11 is 3.45. The van der Waals surface area contributed by atoms with Crippen LogP contribution in [0.1, 0.15) is 25.5 Å². The molecule has 2 aromatic rings. The average Bonchev–Trinajstić information content (AvgIpc) is 2.95. The van der Waals surface area contributed by atoms with E-state index in [-0.39, 0.29) is 0 Å². The third-order valence-corrected chi connectivity index (χ3v) is 4.04. The van der Waals surface area contributed by atoms with Gasteiger partial charge >= 0.3 is 0 Å². The average molecular weight is 379 g/mol. The van der Waals surface area contributed by atoms with E-state index in [1.807, 2.05) is 25.1 Å². The van der Waals surface area contributed by atoms with Crippen molar-refractivity contribution in [2.75, 3.05) is 11.9 Å². The molecule has 0 unspecified atom stereocenters. The number of hydrogen-bond acceptors (Lipinski definition) is 6. The van der Waals surface area contributed by atoms with E-state index in [0.717, 1.165) is 10.0 Å². The third kappa shape index (κ3) is 2.67. The zero-order valence-corrected chi connectivity index (χ0v) is 14.2. The van der Waals surface area contributed by atoms with Gasteiger partial charge in [-0.25, -0.2) is 0 Å². The number of hydrogen-bond donors (Lipinski definition) is 2. The summed E-state index contributed by atoms with van der Waals surface area (Å²) in [5.41, 5.74) is 7.37. The molecule has 1 aliphatic heterocycles. The molecule has 1 aromatic heterocycles. The van der Waals surface area contributed by atoms with Crippen LogP contribution in [-0.2, 0) is 4.79 Å². The largest absolute Gasteiger partial charge is 0.494 e. The van der Waals surface area contributed by atoms with Crippen LogP contribution in [0, 0.1) is 0 Å². The number of primary amides is 1. The van der Waals surface area contributed by atoms with Crippen LogP contribution in [0.3, 0.4) is 0 Å². The number of halogens is 1. The Morgan fingerprint density at radius 2 is 2.30 bits per heavy atom. The van der Waals surface area contributed by atoms with Crippen molar-refractivity contribution >= 4 is 27.8 Å². The second-order valence-corrected chi connectivity index (χ2v) is 5.91. The molecule has 0 radical (unpaired) electrons. The first-order valence-corrected chi connectivity index (χ1v) is 7.80. The second kappa shape index (κ2) is 5.99. The maximum absolute atomic E-state index is 12.0. The molecule has 1 amide bonds. The highest BCUT2D eigenvalue weighted by Crippen LogP contribution is 2.39. The molecule has 3 N–H and O–H groups in total. The third-order valence-electron chi connectivity index (χ3n) is 3.55. The van der Waals surface area contributed by atoms with Gasteiger partial charge in [-0.2, -0.15) is 4.68 Å². The smallest absolute Gasteiger partial charge is 0.248 e. The summed E-state index contributed by atoms with van der Waals surface area (Å²) in [5, 5.41) is 14.6. The predicted molar refractivity (Wildman–Crippen MR) is 86.8 cm³/mol. The van der Waals surface area contributed by atoms with Crippen molar-refractivity contribution in [2.24, 2.45) is 5.73 Å². The SMILES string of the molecule is CCOc1ccc(Br)cc1[C@@H]1C(C(N)=O)=C(C)Nc2nnnn21. The van der Waals surface area contributed by atoms with Gasteiger partial charge in [-0.15, -0.1) is 0 Å². The number of anilines is 1. The number of tetrazole rings is 1. The normalized spacial score (nSPS) is 16.7. The number of carbonyl (C=O) groups is 1. The Hall–Kier alpha value is -2.42. The summed E-state index contributed by atoms with van der Waals surface area (Å²) in [4.78, 5) is 12.0. The Morgan fingerprint density at radius 3 is 3.00 bits per heavy atom. The molecule has 1 aliphatic rings. The van der Waals surface area contributed by atoms with Gasteiger partial charge in [0.2, 0.25) is 11.9 Å². The molecule has 0 saturated heterocycles. The summed E-state index contributed by atoms with van der Waals surface area (Å²) in [5.74, 6) is 0.555. The lowest BCUT2D eigenvalue weighted by atomic mass is 9.94. The summed E-state index contributed by atoms with van der Waals surface area (Å²) < 4.78 is 8.08. The van der Waals surface area contributed by atoms with Crippen molar-refractivity contribution in [1.82, 2.24) is 20.2 Å². The lowest BCUT2D eigenvalue weighted by Gasteiger charge is -2.28. The summed E-state index contributed by atoms with van der Waals surface area (Å²) in [6.07, 6.45) is 0. The van der Waals surface area contributed by atoms with Gasteiger partial charge in [0.15, 0.2) is 0 Å². The van der Waals surface area contributed by atoms with Gasteiger partial charge in [0, 0.05) is 15.7 Å². The molecule has 3 rings (SSSR count). The van der Waals surface area contributed by atoms with E-state index in [4.69, 9.17) is 10.5 Å². The number of benzene rings is 1. The van der Waals surface area contributed by atoms with E-state index in [1.54, 1.807) is 6.92 Å². The number of carbonyl (C=O) groups excluding carboxylic acids is 1. The fraction of sp³-hybridized carbons (Fsp3) is 0.286. The topological polar surface area (TPSA) is 108 Å². The van der Waals surface area contributed by atoms with Gasteiger partial charge < -0.3 is 15.8 Å². The Balaban J connectivity index is 2.24. The molecule has 0 fully saturated rings. The lowest BCUT2D eigenvalue weighted by Crippen LogP contribution is -2.32. The lowest BCUT2D eigenvalue weighted by molar-refractivity contribution is -0.115. The van der Waals surface area contributed by atoms with E-state index in [1.165, 1.54) is 4.68 Å². The molecular weight excluding hydrogens is 364 g/mol. The number of nitrogens with two attached hydrogens (primary N) is 1. The Kier molecular flexibility index (Phi) is 4.03. The van der Waals surface area contributed by atoms with Crippen LogP contribution in [-0.4, -0.2) is 32.7 Å². The van der Waals surface area contributed by atoms with E-state index in [9.17, 15) is 4.79 Å². The standard InChI is InChI=1S/C14H15BrN6O2/c1-3-23-10-5-4-8(15)6-9(10)12-11(13(16)22)7(2)17-14-18-19-20-21(12)14/h4-6,12H,3H2,1-2H3,(H2,16,22)(H,17,18,20)/t12-/m1/s1. The van der Waals surface area contributed by atoms with Crippen molar-refractivity contribution in [1.29, 1.82) is 0 Å². The van der Waals surface area contributed by atoms with Crippen molar-refractivity contribution in [3.8, 4) is 5.75 Å². The number of fused-ring (bicyclic) bond motifs is 1. The minimum absolute atomic E-state index is 0.392. The molecule has 0 bridgehead atoms. The van der Waals surface area contributed by atoms with Crippen LogP contribution >= 0.6 is 15.9 Å². The van der Waals surface area contributed by atoms with E-state index in [2.05, 4.69) is 36.8 Å². The Morgan fingerprint density at radius 1 is 1.52 bits per heavy atom. The maximum Gasteiger partial charge on any atom is 0.248 e. The van der Waals surface area contributed by atoms with Crippen molar-refractivity contribution in [3.63, 3.8) is 0 Å². The first-order valence-electron chi connectivity index (χ1n) is 7.00. The maximum atomic E-state index is 12.0. The van der Waals surface area contributed by atoms with Gasteiger partial charge in [-0.3, -0.25) is 4.79 Å². The molecule has 120 valence electrons. The molecule has 8 nitrogen and oxygen atoms in total. The fourth-order valence-corrected chi connectivity index (χ4v) is 3.02. The highest BCUT2D eigenvalue weighted by molar-refractivity contribution is 9.10. The van der Waals surface area contributed by atoms with Crippen molar-refractivity contribution < 1.29 is 9.53 Å². The zero-order chi connectivity index (χ0) is 16.6. The van der Waals surface area contributed by atoms with E-state index >= 15 is 0 Å². The van der Waals surface area contributed by atoms with Gasteiger partial charge in [-0.05, 0) is 42.5 Å². The van der Waals surface area contributed by atoms with Crippen LogP contribution in [0.5, 0.6) is 5.75 Å². The van der Waals surface area contributed by atoms with Gasteiger partial charge in [0.1, 0.15) is 11.8 Å². The monoisotopic (exact) mass is 378 g/mol. The van der Waals surface area contributed by atoms with Crippen LogP contribution in [0.25, 0.3) is 0 Å². The minimum Gasteiger partial charge on any atom is -0.494 e.